The van der Waals surface area contributed by atoms with E-state index in [1.807, 2.05) is 12.4 Å². The van der Waals surface area contributed by atoms with Gasteiger partial charge in [0.2, 0.25) is 0 Å². The number of guanidine groups is 1. The summed E-state index contributed by atoms with van der Waals surface area (Å²) in [7, 11) is 1.78. The van der Waals surface area contributed by atoms with Crippen molar-refractivity contribution in [1.29, 1.82) is 0 Å². The molecule has 4 nitrogen and oxygen atoms in total. The van der Waals surface area contributed by atoms with Crippen LogP contribution in [0.5, 0.6) is 0 Å². The van der Waals surface area contributed by atoms with Crippen molar-refractivity contribution < 1.29 is 0 Å². The maximum atomic E-state index is 4.24. The lowest BCUT2D eigenvalue weighted by molar-refractivity contribution is 0.811. The van der Waals surface area contributed by atoms with Gasteiger partial charge in [-0.15, -0.1) is 11.3 Å². The van der Waals surface area contributed by atoms with Crippen LogP contribution in [0.25, 0.3) is 0 Å². The van der Waals surface area contributed by atoms with Crippen molar-refractivity contribution in [1.82, 2.24) is 15.6 Å². The van der Waals surface area contributed by atoms with Gasteiger partial charge >= 0.3 is 0 Å². The van der Waals surface area contributed by atoms with Gasteiger partial charge in [-0.25, -0.2) is 4.98 Å². The zero-order valence-electron chi connectivity index (χ0n) is 12.1. The molecule has 0 radical (unpaired) electrons. The lowest BCUT2D eigenvalue weighted by atomic mass is 10.1. The summed E-state index contributed by atoms with van der Waals surface area (Å²) in [6.07, 6.45) is 0. The van der Waals surface area contributed by atoms with Gasteiger partial charge in [0.05, 0.1) is 17.7 Å². The second-order valence-corrected chi connectivity index (χ2v) is 5.57. The fourth-order valence-electron chi connectivity index (χ4n) is 1.77. The van der Waals surface area contributed by atoms with Gasteiger partial charge in [0.25, 0.3) is 0 Å². The summed E-state index contributed by atoms with van der Waals surface area (Å²) in [5, 5.41) is 6.61. The molecule has 1 aromatic heterocycles. The molecule has 0 aliphatic heterocycles. The number of nitrogens with one attached hydrogen (secondary N) is 2. The Balaban J connectivity index is 1.84. The molecule has 0 unspecified atom stereocenters. The number of nitrogens with zero attached hydrogens (tertiary/aromatic N) is 2. The zero-order valence-corrected chi connectivity index (χ0v) is 12.9. The van der Waals surface area contributed by atoms with E-state index in [9.17, 15) is 0 Å². The monoisotopic (exact) mass is 288 g/mol. The van der Waals surface area contributed by atoms with Crippen LogP contribution in [-0.4, -0.2) is 18.0 Å². The number of aryl methyl sites for hydroxylation is 2. The summed E-state index contributed by atoms with van der Waals surface area (Å²) in [6, 6.07) is 8.49. The van der Waals surface area contributed by atoms with Crippen molar-refractivity contribution in [3.63, 3.8) is 0 Å². The van der Waals surface area contributed by atoms with E-state index >= 15 is 0 Å². The summed E-state index contributed by atoms with van der Waals surface area (Å²) < 4.78 is 0. The lowest BCUT2D eigenvalue weighted by Gasteiger charge is -2.11. The third-order valence-electron chi connectivity index (χ3n) is 3.07. The van der Waals surface area contributed by atoms with Crippen LogP contribution >= 0.6 is 11.3 Å². The van der Waals surface area contributed by atoms with Gasteiger partial charge in [-0.1, -0.05) is 29.8 Å². The van der Waals surface area contributed by atoms with Crippen molar-refractivity contribution in [2.24, 2.45) is 4.99 Å². The van der Waals surface area contributed by atoms with Crippen LogP contribution in [0.3, 0.4) is 0 Å². The minimum absolute atomic E-state index is 0.754. The van der Waals surface area contributed by atoms with Crippen molar-refractivity contribution in [3.8, 4) is 0 Å². The smallest absolute Gasteiger partial charge is 0.191 e. The highest BCUT2D eigenvalue weighted by molar-refractivity contribution is 7.09. The molecule has 0 fully saturated rings. The van der Waals surface area contributed by atoms with E-state index in [0.29, 0.717) is 0 Å². The topological polar surface area (TPSA) is 49.3 Å². The van der Waals surface area contributed by atoms with E-state index in [1.54, 1.807) is 18.4 Å². The molecule has 106 valence electrons. The molecule has 20 heavy (non-hydrogen) atoms. The minimum Gasteiger partial charge on any atom is -0.352 e. The predicted octanol–water partition coefficient (Wildman–Crippen LogP) is 2.63. The van der Waals surface area contributed by atoms with Crippen LogP contribution in [-0.2, 0) is 13.1 Å². The number of aliphatic imine (C=N–C) groups is 1. The molecule has 0 aliphatic carbocycles. The minimum atomic E-state index is 0.754. The number of hydrogen-bond donors (Lipinski definition) is 2. The van der Waals surface area contributed by atoms with Crippen LogP contribution < -0.4 is 10.6 Å². The van der Waals surface area contributed by atoms with Gasteiger partial charge in [0.1, 0.15) is 0 Å². The van der Waals surface area contributed by atoms with Crippen LogP contribution in [0.15, 0.2) is 34.8 Å². The predicted molar refractivity (Wildman–Crippen MR) is 85.1 cm³/mol. The molecular formula is C15H20N4S. The largest absolute Gasteiger partial charge is 0.352 e. The molecule has 0 aliphatic rings. The van der Waals surface area contributed by atoms with E-state index < -0.39 is 0 Å². The fourth-order valence-corrected chi connectivity index (χ4v) is 2.49. The molecule has 2 rings (SSSR count). The standard InChI is InChI=1S/C15H20N4S/c1-11-4-6-13(7-5-11)8-17-15(16-3)18-9-14-12(2)19-10-20-14/h4-7,10H,8-9H2,1-3H3,(H2,16,17,18). The normalized spacial score (nSPS) is 11.4. The van der Waals surface area contributed by atoms with Crippen molar-refractivity contribution in [2.75, 3.05) is 7.05 Å². The molecule has 2 aromatic rings. The number of rotatable bonds is 4. The number of thiazole rings is 1. The first-order chi connectivity index (χ1) is 9.69. The molecule has 5 heteroatoms. The molecule has 0 atom stereocenters. The second kappa shape index (κ2) is 7.05. The van der Waals surface area contributed by atoms with E-state index in [-0.39, 0.29) is 0 Å². The number of benzene rings is 1. The first kappa shape index (κ1) is 14.5. The third-order valence-corrected chi connectivity index (χ3v) is 4.00. The molecule has 2 N–H and O–H groups in total. The van der Waals surface area contributed by atoms with E-state index in [2.05, 4.69) is 51.8 Å². The Labute approximate surface area is 124 Å². The van der Waals surface area contributed by atoms with Crippen LogP contribution in [0.2, 0.25) is 0 Å². The molecule has 0 saturated carbocycles. The molecule has 0 spiro atoms. The summed E-state index contributed by atoms with van der Waals surface area (Å²) in [6.45, 7) is 5.64. The van der Waals surface area contributed by atoms with Crippen molar-refractivity contribution in [2.45, 2.75) is 26.9 Å². The Morgan fingerprint density at radius 3 is 2.45 bits per heavy atom. The fraction of sp³-hybridized carbons (Fsp3) is 0.333. The highest BCUT2D eigenvalue weighted by Gasteiger charge is 2.03. The summed E-state index contributed by atoms with van der Waals surface area (Å²) in [5.74, 6) is 0.804. The van der Waals surface area contributed by atoms with E-state index in [1.165, 1.54) is 16.0 Å². The quantitative estimate of drug-likeness (QED) is 0.671. The van der Waals surface area contributed by atoms with Crippen LogP contribution in [0, 0.1) is 13.8 Å². The average molecular weight is 288 g/mol. The molecule has 0 bridgehead atoms. The molecule has 1 aromatic carbocycles. The van der Waals surface area contributed by atoms with Gasteiger partial charge in [0, 0.05) is 18.5 Å². The highest BCUT2D eigenvalue weighted by Crippen LogP contribution is 2.11. The molecule has 1 heterocycles. The maximum absolute atomic E-state index is 4.24. The first-order valence-electron chi connectivity index (χ1n) is 6.58. The van der Waals surface area contributed by atoms with Crippen molar-refractivity contribution >= 4 is 17.3 Å². The summed E-state index contributed by atoms with van der Waals surface area (Å²) in [5.41, 5.74) is 5.47. The van der Waals surface area contributed by atoms with Gasteiger partial charge in [-0.2, -0.15) is 0 Å². The number of aromatic nitrogens is 1. The number of hydrogen-bond acceptors (Lipinski definition) is 3. The Morgan fingerprint density at radius 1 is 1.15 bits per heavy atom. The Bertz CT molecular complexity index is 572. The third kappa shape index (κ3) is 4.06. The Hall–Kier alpha value is -1.88. The Kier molecular flexibility index (Phi) is 5.12. The lowest BCUT2D eigenvalue weighted by Crippen LogP contribution is -2.36. The van der Waals surface area contributed by atoms with Crippen LogP contribution in [0.1, 0.15) is 21.7 Å². The Morgan fingerprint density at radius 2 is 1.85 bits per heavy atom. The molecule has 0 amide bonds. The highest BCUT2D eigenvalue weighted by atomic mass is 32.1. The van der Waals surface area contributed by atoms with Gasteiger partial charge < -0.3 is 10.6 Å². The van der Waals surface area contributed by atoms with E-state index in [4.69, 9.17) is 0 Å². The molecule has 0 saturated heterocycles. The summed E-state index contributed by atoms with van der Waals surface area (Å²) >= 11 is 1.66. The van der Waals surface area contributed by atoms with Crippen molar-refractivity contribution in [3.05, 3.63) is 51.5 Å². The summed E-state index contributed by atoms with van der Waals surface area (Å²) in [4.78, 5) is 9.71. The second-order valence-electron chi connectivity index (χ2n) is 4.63. The average Bonchev–Trinajstić information content (AvgIpc) is 2.86. The SMILES string of the molecule is CN=C(NCc1ccc(C)cc1)NCc1scnc1C. The maximum Gasteiger partial charge on any atom is 0.191 e. The van der Waals surface area contributed by atoms with Crippen LogP contribution in [0.4, 0.5) is 0 Å². The zero-order chi connectivity index (χ0) is 14.4. The van der Waals surface area contributed by atoms with Gasteiger partial charge in [0.15, 0.2) is 5.96 Å². The van der Waals surface area contributed by atoms with Gasteiger partial charge in [-0.3, -0.25) is 4.99 Å². The first-order valence-corrected chi connectivity index (χ1v) is 7.46. The van der Waals surface area contributed by atoms with Gasteiger partial charge in [-0.05, 0) is 19.4 Å². The van der Waals surface area contributed by atoms with E-state index in [0.717, 1.165) is 24.7 Å². The molecular weight excluding hydrogens is 268 g/mol.